The highest BCUT2D eigenvalue weighted by molar-refractivity contribution is 5.49. The highest BCUT2D eigenvalue weighted by atomic mass is 19.4. The Morgan fingerprint density at radius 1 is 1.05 bits per heavy atom. The minimum atomic E-state index is -5.89. The van der Waals surface area contributed by atoms with Crippen molar-refractivity contribution in [3.05, 3.63) is 29.8 Å². The SMILES string of the molecule is CCCN(c1cc(F)ccc1F)C(F)(F)C(F)(F)F. The Bertz CT molecular complexity index is 441. The standard InChI is InChI=1S/C11H10F7N/c1-2-5-19(11(17,18)10(14,15)16)9-6-7(12)3-4-8(9)13/h3-4,6H,2,5H2,1H3. The average Bonchev–Trinajstić information content (AvgIpc) is 2.28. The first-order valence-electron chi connectivity index (χ1n) is 5.28. The largest absolute Gasteiger partial charge is 0.475 e. The number of hydrogen-bond acceptors (Lipinski definition) is 1. The monoisotopic (exact) mass is 289 g/mol. The first kappa shape index (κ1) is 15.6. The summed E-state index contributed by atoms with van der Waals surface area (Å²) in [5.41, 5.74) is -1.12. The number of halogens is 7. The summed E-state index contributed by atoms with van der Waals surface area (Å²) in [6, 6.07) is -3.84. The van der Waals surface area contributed by atoms with Gasteiger partial charge in [0.15, 0.2) is 0 Å². The number of benzene rings is 1. The third-order valence-corrected chi connectivity index (χ3v) is 2.33. The second kappa shape index (κ2) is 5.26. The van der Waals surface area contributed by atoms with E-state index in [9.17, 15) is 30.7 Å². The van der Waals surface area contributed by atoms with Crippen LogP contribution in [-0.2, 0) is 0 Å². The number of anilines is 1. The Kier molecular flexibility index (Phi) is 4.32. The highest BCUT2D eigenvalue weighted by Gasteiger charge is 2.62. The quantitative estimate of drug-likeness (QED) is 0.589. The summed E-state index contributed by atoms with van der Waals surface area (Å²) in [7, 11) is 0. The molecule has 1 nitrogen and oxygen atoms in total. The lowest BCUT2D eigenvalue weighted by molar-refractivity contribution is -0.281. The first-order chi connectivity index (χ1) is 8.61. The molecule has 0 radical (unpaired) electrons. The van der Waals surface area contributed by atoms with Crippen LogP contribution in [0.25, 0.3) is 0 Å². The summed E-state index contributed by atoms with van der Waals surface area (Å²) in [5.74, 6) is -2.45. The molecule has 0 aromatic heterocycles. The van der Waals surface area contributed by atoms with Crippen molar-refractivity contribution in [3.8, 4) is 0 Å². The normalized spacial score (nSPS) is 12.6. The second-order valence-electron chi connectivity index (χ2n) is 3.79. The van der Waals surface area contributed by atoms with Gasteiger partial charge in [-0.3, -0.25) is 0 Å². The van der Waals surface area contributed by atoms with Gasteiger partial charge < -0.3 is 4.90 Å². The van der Waals surface area contributed by atoms with Crippen LogP contribution in [-0.4, -0.2) is 18.8 Å². The molecule has 0 aliphatic heterocycles. The highest BCUT2D eigenvalue weighted by Crippen LogP contribution is 2.41. The van der Waals surface area contributed by atoms with E-state index in [0.29, 0.717) is 18.2 Å². The van der Waals surface area contributed by atoms with E-state index in [2.05, 4.69) is 0 Å². The predicted octanol–water partition coefficient (Wildman–Crippen LogP) is 4.34. The third-order valence-electron chi connectivity index (χ3n) is 2.33. The molecule has 8 heteroatoms. The van der Waals surface area contributed by atoms with E-state index in [0.717, 1.165) is 0 Å². The molecule has 19 heavy (non-hydrogen) atoms. The van der Waals surface area contributed by atoms with Gasteiger partial charge in [-0.15, -0.1) is 0 Å². The zero-order valence-electron chi connectivity index (χ0n) is 9.74. The van der Waals surface area contributed by atoms with Gasteiger partial charge in [-0.2, -0.15) is 22.0 Å². The molecule has 0 aliphatic rings. The molecule has 108 valence electrons. The molecular formula is C11H10F7N. The molecule has 0 saturated heterocycles. The van der Waals surface area contributed by atoms with Gasteiger partial charge >= 0.3 is 12.2 Å². The van der Waals surface area contributed by atoms with Crippen LogP contribution in [0.4, 0.5) is 36.4 Å². The van der Waals surface area contributed by atoms with Crippen LogP contribution in [0.2, 0.25) is 0 Å². The van der Waals surface area contributed by atoms with Crippen molar-refractivity contribution >= 4 is 5.69 Å². The van der Waals surface area contributed by atoms with Gasteiger partial charge in [-0.25, -0.2) is 8.78 Å². The van der Waals surface area contributed by atoms with Crippen molar-refractivity contribution in [1.29, 1.82) is 0 Å². The smallest absolute Gasteiger partial charge is 0.303 e. The summed E-state index contributed by atoms with van der Waals surface area (Å²) >= 11 is 0. The first-order valence-corrected chi connectivity index (χ1v) is 5.28. The molecule has 0 aliphatic carbocycles. The van der Waals surface area contributed by atoms with Crippen molar-refractivity contribution in [3.63, 3.8) is 0 Å². The molecule has 0 saturated carbocycles. The summed E-state index contributed by atoms with van der Waals surface area (Å²) in [4.78, 5) is -0.481. The fourth-order valence-electron chi connectivity index (χ4n) is 1.48. The Balaban J connectivity index is 3.32. The average molecular weight is 289 g/mol. The summed E-state index contributed by atoms with van der Waals surface area (Å²) in [6.45, 7) is 0.573. The zero-order valence-corrected chi connectivity index (χ0v) is 9.74. The maximum atomic E-state index is 13.4. The molecule has 1 rings (SSSR count). The Morgan fingerprint density at radius 3 is 2.11 bits per heavy atom. The number of alkyl halides is 5. The van der Waals surface area contributed by atoms with Gasteiger partial charge in [-0.1, -0.05) is 6.92 Å². The molecule has 0 heterocycles. The molecule has 1 aromatic rings. The number of nitrogens with zero attached hydrogens (tertiary/aromatic N) is 1. The van der Waals surface area contributed by atoms with E-state index < -0.39 is 41.0 Å². The van der Waals surface area contributed by atoms with Gasteiger partial charge in [0.25, 0.3) is 0 Å². The Morgan fingerprint density at radius 2 is 1.63 bits per heavy atom. The van der Waals surface area contributed by atoms with Crippen molar-refractivity contribution in [2.24, 2.45) is 0 Å². The second-order valence-corrected chi connectivity index (χ2v) is 3.79. The number of rotatable bonds is 4. The molecular weight excluding hydrogens is 279 g/mol. The lowest BCUT2D eigenvalue weighted by Gasteiger charge is -2.34. The number of hydrogen-bond donors (Lipinski definition) is 0. The fraction of sp³-hybridized carbons (Fsp3) is 0.455. The lowest BCUT2D eigenvalue weighted by Crippen LogP contribution is -2.53. The van der Waals surface area contributed by atoms with Gasteiger partial charge in [0.2, 0.25) is 0 Å². The summed E-state index contributed by atoms with van der Waals surface area (Å²) < 4.78 is 89.8. The maximum Gasteiger partial charge on any atom is 0.475 e. The van der Waals surface area contributed by atoms with Crippen molar-refractivity contribution in [2.45, 2.75) is 25.6 Å². The van der Waals surface area contributed by atoms with Gasteiger partial charge in [0, 0.05) is 12.6 Å². The van der Waals surface area contributed by atoms with Crippen LogP contribution in [0.15, 0.2) is 18.2 Å². The molecule has 0 unspecified atom stereocenters. The lowest BCUT2D eigenvalue weighted by atomic mass is 10.2. The van der Waals surface area contributed by atoms with E-state index >= 15 is 0 Å². The van der Waals surface area contributed by atoms with Crippen LogP contribution in [0, 0.1) is 11.6 Å². The fourth-order valence-corrected chi connectivity index (χ4v) is 1.48. The van der Waals surface area contributed by atoms with E-state index in [4.69, 9.17) is 0 Å². The molecule has 0 bridgehead atoms. The summed E-state index contributed by atoms with van der Waals surface area (Å²) in [5, 5.41) is 0. The Hall–Kier alpha value is -1.47. The molecule has 0 N–H and O–H groups in total. The van der Waals surface area contributed by atoms with Gasteiger partial charge in [0.05, 0.1) is 5.69 Å². The molecule has 0 atom stereocenters. The van der Waals surface area contributed by atoms with Crippen LogP contribution in [0.1, 0.15) is 13.3 Å². The van der Waals surface area contributed by atoms with Crippen molar-refractivity contribution in [2.75, 3.05) is 11.4 Å². The van der Waals surface area contributed by atoms with Crippen LogP contribution in [0.3, 0.4) is 0 Å². The maximum absolute atomic E-state index is 13.4. The molecule has 1 aromatic carbocycles. The third kappa shape index (κ3) is 3.10. The van der Waals surface area contributed by atoms with E-state index in [1.54, 1.807) is 0 Å². The van der Waals surface area contributed by atoms with Crippen LogP contribution < -0.4 is 4.90 Å². The minimum absolute atomic E-state index is 0.0956. The van der Waals surface area contributed by atoms with E-state index in [-0.39, 0.29) is 6.42 Å². The topological polar surface area (TPSA) is 3.24 Å². The zero-order chi connectivity index (χ0) is 14.8. The molecule has 0 fully saturated rings. The molecule has 0 spiro atoms. The summed E-state index contributed by atoms with van der Waals surface area (Å²) in [6.07, 6.45) is -5.98. The predicted molar refractivity (Wildman–Crippen MR) is 55.0 cm³/mol. The van der Waals surface area contributed by atoms with Crippen LogP contribution in [0.5, 0.6) is 0 Å². The van der Waals surface area contributed by atoms with Gasteiger partial charge in [-0.05, 0) is 18.6 Å². The van der Waals surface area contributed by atoms with Crippen LogP contribution >= 0.6 is 0 Å². The van der Waals surface area contributed by atoms with Gasteiger partial charge in [0.1, 0.15) is 11.6 Å². The van der Waals surface area contributed by atoms with E-state index in [1.807, 2.05) is 0 Å². The molecule has 0 amide bonds. The Labute approximate surface area is 104 Å². The van der Waals surface area contributed by atoms with E-state index in [1.165, 1.54) is 6.92 Å². The van der Waals surface area contributed by atoms with Crippen molar-refractivity contribution in [1.82, 2.24) is 0 Å². The minimum Gasteiger partial charge on any atom is -0.303 e. The van der Waals surface area contributed by atoms with Crippen molar-refractivity contribution < 1.29 is 30.7 Å².